The molecule has 0 unspecified atom stereocenters. The second kappa shape index (κ2) is 4.49. The van der Waals surface area contributed by atoms with E-state index in [2.05, 4.69) is 5.16 Å². The molecule has 1 amide bonds. The summed E-state index contributed by atoms with van der Waals surface area (Å²) in [5, 5.41) is 3.77. The standard InChI is InChI=1S/C14H10F2N2O4/c15-10-7(4-19)3-8-12(11(10)16)22-17-13(8)18-9(6-1-2-6)5-21-14(18)20/h3-4,6,9H,1-2,5H2/t9-/m1/s1. The first-order valence-corrected chi connectivity index (χ1v) is 6.80. The van der Waals surface area contributed by atoms with E-state index in [0.29, 0.717) is 5.92 Å². The van der Waals surface area contributed by atoms with Gasteiger partial charge in [0.1, 0.15) is 6.61 Å². The largest absolute Gasteiger partial charge is 0.447 e. The van der Waals surface area contributed by atoms with Gasteiger partial charge in [-0.25, -0.2) is 9.18 Å². The van der Waals surface area contributed by atoms with E-state index in [1.807, 2.05) is 0 Å². The van der Waals surface area contributed by atoms with E-state index in [4.69, 9.17) is 9.26 Å². The second-order valence-electron chi connectivity index (χ2n) is 5.45. The first-order valence-electron chi connectivity index (χ1n) is 6.80. The van der Waals surface area contributed by atoms with Gasteiger partial charge in [0, 0.05) is 0 Å². The van der Waals surface area contributed by atoms with E-state index in [1.165, 1.54) is 4.90 Å². The number of hydrogen-bond donors (Lipinski definition) is 0. The van der Waals surface area contributed by atoms with Crippen LogP contribution in [0.5, 0.6) is 0 Å². The van der Waals surface area contributed by atoms with Crippen molar-refractivity contribution in [1.82, 2.24) is 5.16 Å². The third-order valence-corrected chi connectivity index (χ3v) is 4.08. The summed E-state index contributed by atoms with van der Waals surface area (Å²) in [4.78, 5) is 24.1. The maximum absolute atomic E-state index is 13.9. The van der Waals surface area contributed by atoms with Gasteiger partial charge in [-0.3, -0.25) is 9.69 Å². The lowest BCUT2D eigenvalue weighted by Gasteiger charge is -2.18. The molecule has 22 heavy (non-hydrogen) atoms. The third kappa shape index (κ3) is 1.73. The van der Waals surface area contributed by atoms with Crippen LogP contribution in [0.4, 0.5) is 19.4 Å². The van der Waals surface area contributed by atoms with Crippen LogP contribution in [0.1, 0.15) is 23.2 Å². The predicted molar refractivity (Wildman–Crippen MR) is 69.7 cm³/mol. The van der Waals surface area contributed by atoms with Gasteiger partial charge in [-0.05, 0) is 24.8 Å². The van der Waals surface area contributed by atoms with Crippen LogP contribution < -0.4 is 4.90 Å². The molecular weight excluding hydrogens is 298 g/mol. The summed E-state index contributed by atoms with van der Waals surface area (Å²) in [6.45, 7) is 0.224. The number of benzene rings is 1. The number of ether oxygens (including phenoxy) is 1. The van der Waals surface area contributed by atoms with Crippen molar-refractivity contribution in [2.45, 2.75) is 18.9 Å². The first-order chi connectivity index (χ1) is 10.6. The van der Waals surface area contributed by atoms with Crippen LogP contribution in [0.2, 0.25) is 0 Å². The molecule has 1 aromatic carbocycles. The number of carbonyl (C=O) groups is 2. The molecule has 1 atom stereocenters. The molecule has 8 heteroatoms. The Bertz CT molecular complexity index is 800. The number of rotatable bonds is 3. The van der Waals surface area contributed by atoms with Crippen LogP contribution >= 0.6 is 0 Å². The molecule has 114 valence electrons. The number of hydrogen-bond acceptors (Lipinski definition) is 5. The number of aromatic nitrogens is 1. The van der Waals surface area contributed by atoms with E-state index in [-0.39, 0.29) is 30.1 Å². The summed E-state index contributed by atoms with van der Waals surface area (Å²) in [5.74, 6) is -2.24. The highest BCUT2D eigenvalue weighted by atomic mass is 19.2. The highest BCUT2D eigenvalue weighted by molar-refractivity contribution is 6.01. The zero-order chi connectivity index (χ0) is 15.4. The summed E-state index contributed by atoms with van der Waals surface area (Å²) in [6, 6.07) is 0.927. The highest BCUT2D eigenvalue weighted by Crippen LogP contribution is 2.41. The number of nitrogens with zero attached hydrogens (tertiary/aromatic N) is 2. The lowest BCUT2D eigenvalue weighted by atomic mass is 10.1. The summed E-state index contributed by atoms with van der Waals surface area (Å²) in [7, 11) is 0. The SMILES string of the molecule is O=Cc1cc2c(N3C(=O)OC[C@@H]3C3CC3)noc2c(F)c1F. The Hall–Kier alpha value is -2.51. The molecule has 0 radical (unpaired) electrons. The Morgan fingerprint density at radius 2 is 2.09 bits per heavy atom. The predicted octanol–water partition coefficient (Wildman–Crippen LogP) is 2.65. The number of amides is 1. The fourth-order valence-electron chi connectivity index (χ4n) is 2.79. The van der Waals surface area contributed by atoms with Crippen LogP contribution in [0.25, 0.3) is 11.0 Å². The minimum Gasteiger partial charge on any atom is -0.447 e. The lowest BCUT2D eigenvalue weighted by molar-refractivity contribution is 0.111. The van der Waals surface area contributed by atoms with E-state index in [1.54, 1.807) is 0 Å². The van der Waals surface area contributed by atoms with E-state index >= 15 is 0 Å². The quantitative estimate of drug-likeness (QED) is 0.815. The first kappa shape index (κ1) is 13.2. The van der Waals surface area contributed by atoms with E-state index < -0.39 is 28.9 Å². The van der Waals surface area contributed by atoms with E-state index in [0.717, 1.165) is 18.9 Å². The van der Waals surface area contributed by atoms with Gasteiger partial charge < -0.3 is 9.26 Å². The van der Waals surface area contributed by atoms with Gasteiger partial charge in [0.2, 0.25) is 11.4 Å². The minimum absolute atomic E-state index is 0.0522. The van der Waals surface area contributed by atoms with Crippen molar-refractivity contribution in [1.29, 1.82) is 0 Å². The van der Waals surface area contributed by atoms with Crippen LogP contribution in [-0.4, -0.2) is 30.2 Å². The number of anilines is 1. The third-order valence-electron chi connectivity index (χ3n) is 4.08. The molecular formula is C14H10F2N2O4. The van der Waals surface area contributed by atoms with Gasteiger partial charge in [-0.1, -0.05) is 5.16 Å². The Morgan fingerprint density at radius 3 is 2.77 bits per heavy atom. The molecule has 6 nitrogen and oxygen atoms in total. The average Bonchev–Trinajstić information content (AvgIpc) is 3.17. The molecule has 1 aromatic heterocycles. The Kier molecular flexibility index (Phi) is 2.69. The molecule has 4 rings (SSSR count). The molecule has 0 bridgehead atoms. The van der Waals surface area contributed by atoms with Crippen molar-refractivity contribution < 1.29 is 27.6 Å². The topological polar surface area (TPSA) is 72.6 Å². The van der Waals surface area contributed by atoms with Gasteiger partial charge in [-0.15, -0.1) is 0 Å². The van der Waals surface area contributed by atoms with Crippen molar-refractivity contribution in [3.8, 4) is 0 Å². The van der Waals surface area contributed by atoms with Crippen molar-refractivity contribution in [2.75, 3.05) is 11.5 Å². The minimum atomic E-state index is -1.30. The van der Waals surface area contributed by atoms with Gasteiger partial charge in [0.15, 0.2) is 17.9 Å². The summed E-state index contributed by atoms with van der Waals surface area (Å²) < 4.78 is 37.4. The maximum Gasteiger partial charge on any atom is 0.416 e. The summed E-state index contributed by atoms with van der Waals surface area (Å²) in [6.07, 6.45) is 1.53. The molecule has 2 aromatic rings. The van der Waals surface area contributed by atoms with Crippen LogP contribution in [0.3, 0.4) is 0 Å². The smallest absolute Gasteiger partial charge is 0.416 e. The molecule has 0 N–H and O–H groups in total. The summed E-state index contributed by atoms with van der Waals surface area (Å²) >= 11 is 0. The Balaban J connectivity index is 1.89. The zero-order valence-corrected chi connectivity index (χ0v) is 11.2. The van der Waals surface area contributed by atoms with Gasteiger partial charge in [-0.2, -0.15) is 4.39 Å². The number of halogens is 2. The van der Waals surface area contributed by atoms with Crippen LogP contribution in [0, 0.1) is 17.6 Å². The molecule has 2 heterocycles. The zero-order valence-electron chi connectivity index (χ0n) is 11.2. The number of aldehydes is 1. The van der Waals surface area contributed by atoms with Crippen LogP contribution in [0.15, 0.2) is 10.6 Å². The number of cyclic esters (lactones) is 1. The normalized spacial score (nSPS) is 21.5. The lowest BCUT2D eigenvalue weighted by Crippen LogP contribution is -2.35. The van der Waals surface area contributed by atoms with E-state index in [9.17, 15) is 18.4 Å². The Morgan fingerprint density at radius 1 is 1.32 bits per heavy atom. The van der Waals surface area contributed by atoms with Crippen LogP contribution in [-0.2, 0) is 4.74 Å². The van der Waals surface area contributed by atoms with Gasteiger partial charge >= 0.3 is 6.09 Å². The molecule has 1 aliphatic heterocycles. The molecule has 1 saturated heterocycles. The van der Waals surface area contributed by atoms with Crippen molar-refractivity contribution in [3.63, 3.8) is 0 Å². The molecule has 2 fully saturated rings. The monoisotopic (exact) mass is 308 g/mol. The van der Waals surface area contributed by atoms with Gasteiger partial charge in [0.25, 0.3) is 0 Å². The van der Waals surface area contributed by atoms with Crippen molar-refractivity contribution in [2.24, 2.45) is 5.92 Å². The highest BCUT2D eigenvalue weighted by Gasteiger charge is 2.45. The summed E-state index contributed by atoms with van der Waals surface area (Å²) in [5.41, 5.74) is -0.877. The van der Waals surface area contributed by atoms with Crippen molar-refractivity contribution in [3.05, 3.63) is 23.3 Å². The molecule has 1 aliphatic carbocycles. The van der Waals surface area contributed by atoms with Gasteiger partial charge in [0.05, 0.1) is 17.0 Å². The number of fused-ring (bicyclic) bond motifs is 1. The maximum atomic E-state index is 13.9. The Labute approximate surface area is 122 Å². The second-order valence-corrected chi connectivity index (χ2v) is 5.45. The molecule has 2 aliphatic rings. The number of carbonyl (C=O) groups excluding carboxylic acids is 2. The fourth-order valence-corrected chi connectivity index (χ4v) is 2.79. The molecule has 0 spiro atoms. The fraction of sp³-hybridized carbons (Fsp3) is 0.357. The van der Waals surface area contributed by atoms with Crippen molar-refractivity contribution >= 4 is 29.2 Å². The molecule has 1 saturated carbocycles. The average molecular weight is 308 g/mol.